The van der Waals surface area contributed by atoms with Gasteiger partial charge in [-0.05, 0) is 37.3 Å². The molecular formula is C16H21N3OS. The molecule has 1 aromatic carbocycles. The minimum absolute atomic E-state index is 0.0640. The van der Waals surface area contributed by atoms with Gasteiger partial charge < -0.3 is 9.88 Å². The third kappa shape index (κ3) is 4.93. The first kappa shape index (κ1) is 15.6. The van der Waals surface area contributed by atoms with Crippen molar-refractivity contribution in [3.05, 3.63) is 48.0 Å². The molecule has 1 N–H and O–H groups in total. The van der Waals surface area contributed by atoms with E-state index in [1.54, 1.807) is 18.0 Å². The van der Waals surface area contributed by atoms with Crippen molar-refractivity contribution in [2.24, 2.45) is 0 Å². The smallest absolute Gasteiger partial charge is 0.224 e. The highest BCUT2D eigenvalue weighted by atomic mass is 32.2. The highest BCUT2D eigenvalue weighted by molar-refractivity contribution is 7.97. The number of imidazole rings is 1. The van der Waals surface area contributed by atoms with Crippen LogP contribution in [0.15, 0.2) is 36.7 Å². The number of amides is 1. The SMILES string of the molecule is CSCc1cccc(NC(=O)CCCn2ccnc2C)c1. The minimum Gasteiger partial charge on any atom is -0.335 e. The molecule has 5 heteroatoms. The summed E-state index contributed by atoms with van der Waals surface area (Å²) in [5, 5.41) is 2.96. The van der Waals surface area contributed by atoms with Crippen molar-refractivity contribution in [1.82, 2.24) is 9.55 Å². The molecule has 1 aromatic heterocycles. The molecule has 1 amide bonds. The number of hydrogen-bond donors (Lipinski definition) is 1. The number of aromatic nitrogens is 2. The van der Waals surface area contributed by atoms with Crippen LogP contribution >= 0.6 is 11.8 Å². The molecule has 4 nitrogen and oxygen atoms in total. The maximum atomic E-state index is 12.0. The fraction of sp³-hybridized carbons (Fsp3) is 0.375. The normalized spacial score (nSPS) is 10.6. The molecule has 0 saturated heterocycles. The first-order valence-electron chi connectivity index (χ1n) is 7.04. The standard InChI is InChI=1S/C16H21N3OS/c1-13-17-8-10-19(13)9-4-7-16(20)18-15-6-3-5-14(11-15)12-21-2/h3,5-6,8,10-11H,4,7,9,12H2,1-2H3,(H,18,20). The molecule has 0 atom stereocenters. The fourth-order valence-electron chi connectivity index (χ4n) is 2.18. The van der Waals surface area contributed by atoms with Gasteiger partial charge >= 0.3 is 0 Å². The molecule has 1 heterocycles. The molecule has 0 saturated carbocycles. The number of hydrogen-bond acceptors (Lipinski definition) is 3. The van der Waals surface area contributed by atoms with Crippen molar-refractivity contribution in [3.63, 3.8) is 0 Å². The van der Waals surface area contributed by atoms with E-state index < -0.39 is 0 Å². The third-order valence-corrected chi connectivity index (χ3v) is 3.87. The first-order valence-corrected chi connectivity index (χ1v) is 8.44. The molecule has 0 bridgehead atoms. The summed E-state index contributed by atoms with van der Waals surface area (Å²) < 4.78 is 2.06. The van der Waals surface area contributed by atoms with Crippen molar-refractivity contribution in [1.29, 1.82) is 0 Å². The van der Waals surface area contributed by atoms with Gasteiger partial charge in [0.2, 0.25) is 5.91 Å². The number of nitrogens with zero attached hydrogens (tertiary/aromatic N) is 2. The van der Waals surface area contributed by atoms with Crippen molar-refractivity contribution >= 4 is 23.4 Å². The molecule has 0 aliphatic carbocycles. The lowest BCUT2D eigenvalue weighted by Gasteiger charge is -2.08. The van der Waals surface area contributed by atoms with E-state index in [4.69, 9.17) is 0 Å². The van der Waals surface area contributed by atoms with Gasteiger partial charge in [-0.25, -0.2) is 4.98 Å². The number of aryl methyl sites for hydroxylation is 2. The van der Waals surface area contributed by atoms with E-state index in [0.29, 0.717) is 6.42 Å². The predicted octanol–water partition coefficient (Wildman–Crippen LogP) is 3.47. The highest BCUT2D eigenvalue weighted by Gasteiger charge is 2.04. The van der Waals surface area contributed by atoms with Crippen LogP contribution in [0.5, 0.6) is 0 Å². The van der Waals surface area contributed by atoms with Crippen LogP contribution in [-0.2, 0) is 17.1 Å². The summed E-state index contributed by atoms with van der Waals surface area (Å²) in [7, 11) is 0. The molecule has 0 unspecified atom stereocenters. The number of thioether (sulfide) groups is 1. The van der Waals surface area contributed by atoms with Crippen molar-refractivity contribution in [3.8, 4) is 0 Å². The zero-order chi connectivity index (χ0) is 15.1. The Morgan fingerprint density at radius 3 is 3.00 bits per heavy atom. The molecule has 0 fully saturated rings. The van der Waals surface area contributed by atoms with E-state index in [1.165, 1.54) is 5.56 Å². The van der Waals surface area contributed by atoms with E-state index in [9.17, 15) is 4.79 Å². The van der Waals surface area contributed by atoms with Gasteiger partial charge in [0.15, 0.2) is 0 Å². The molecule has 0 aliphatic rings. The fourth-order valence-corrected chi connectivity index (χ4v) is 2.69. The second kappa shape index (κ2) is 7.88. The van der Waals surface area contributed by atoms with Crippen LogP contribution in [0.1, 0.15) is 24.2 Å². The van der Waals surface area contributed by atoms with Crippen LogP contribution in [0, 0.1) is 6.92 Å². The van der Waals surface area contributed by atoms with Gasteiger partial charge in [-0.3, -0.25) is 4.79 Å². The van der Waals surface area contributed by atoms with E-state index in [2.05, 4.69) is 27.2 Å². The number of anilines is 1. The zero-order valence-electron chi connectivity index (χ0n) is 12.5. The van der Waals surface area contributed by atoms with Gasteiger partial charge in [-0.2, -0.15) is 11.8 Å². The second-order valence-electron chi connectivity index (χ2n) is 4.95. The number of nitrogens with one attached hydrogen (secondary N) is 1. The summed E-state index contributed by atoms with van der Waals surface area (Å²) in [5.41, 5.74) is 2.11. The average Bonchev–Trinajstić information content (AvgIpc) is 2.85. The summed E-state index contributed by atoms with van der Waals surface area (Å²) in [4.78, 5) is 16.1. The van der Waals surface area contributed by atoms with Crippen molar-refractivity contribution in [2.75, 3.05) is 11.6 Å². The summed E-state index contributed by atoms with van der Waals surface area (Å²) in [6.07, 6.45) is 7.13. The van der Waals surface area contributed by atoms with Crippen LogP contribution in [0.25, 0.3) is 0 Å². The Balaban J connectivity index is 1.79. The number of benzene rings is 1. The summed E-state index contributed by atoms with van der Waals surface area (Å²) >= 11 is 1.77. The van der Waals surface area contributed by atoms with Crippen molar-refractivity contribution < 1.29 is 4.79 Å². The van der Waals surface area contributed by atoms with Crippen LogP contribution in [0.3, 0.4) is 0 Å². The van der Waals surface area contributed by atoms with Crippen LogP contribution in [0.2, 0.25) is 0 Å². The first-order chi connectivity index (χ1) is 10.2. The van der Waals surface area contributed by atoms with E-state index in [0.717, 1.165) is 30.2 Å². The predicted molar refractivity (Wildman–Crippen MR) is 88.5 cm³/mol. The molecule has 0 aliphatic heterocycles. The lowest BCUT2D eigenvalue weighted by Crippen LogP contribution is -2.12. The summed E-state index contributed by atoms with van der Waals surface area (Å²) in [6.45, 7) is 2.79. The molecule has 2 aromatic rings. The Morgan fingerprint density at radius 2 is 2.29 bits per heavy atom. The van der Waals surface area contributed by atoms with Gasteiger partial charge in [-0.15, -0.1) is 0 Å². The molecule has 21 heavy (non-hydrogen) atoms. The second-order valence-corrected chi connectivity index (χ2v) is 5.82. The van der Waals surface area contributed by atoms with E-state index >= 15 is 0 Å². The number of rotatable bonds is 7. The Labute approximate surface area is 130 Å². The molecule has 2 rings (SSSR count). The van der Waals surface area contributed by atoms with Crippen molar-refractivity contribution in [2.45, 2.75) is 32.1 Å². The van der Waals surface area contributed by atoms with Gasteiger partial charge in [0, 0.05) is 36.8 Å². The average molecular weight is 303 g/mol. The Kier molecular flexibility index (Phi) is 5.87. The van der Waals surface area contributed by atoms with Crippen LogP contribution in [-0.4, -0.2) is 21.7 Å². The maximum Gasteiger partial charge on any atom is 0.224 e. The quantitative estimate of drug-likeness (QED) is 0.852. The summed E-state index contributed by atoms with van der Waals surface area (Å²) in [5.74, 6) is 2.01. The topological polar surface area (TPSA) is 46.9 Å². The molecular weight excluding hydrogens is 282 g/mol. The number of carbonyl (C=O) groups is 1. The van der Waals surface area contributed by atoms with E-state index in [-0.39, 0.29) is 5.91 Å². The van der Waals surface area contributed by atoms with Gasteiger partial charge in [-0.1, -0.05) is 12.1 Å². The van der Waals surface area contributed by atoms with Crippen LogP contribution in [0.4, 0.5) is 5.69 Å². The summed E-state index contributed by atoms with van der Waals surface area (Å²) in [6, 6.07) is 8.03. The molecule has 0 radical (unpaired) electrons. The number of carbonyl (C=O) groups excluding carboxylic acids is 1. The lowest BCUT2D eigenvalue weighted by molar-refractivity contribution is -0.116. The van der Waals surface area contributed by atoms with Gasteiger partial charge in [0.25, 0.3) is 0 Å². The Bertz CT molecular complexity index is 595. The van der Waals surface area contributed by atoms with Crippen LogP contribution < -0.4 is 5.32 Å². The Morgan fingerprint density at radius 1 is 1.43 bits per heavy atom. The monoisotopic (exact) mass is 303 g/mol. The lowest BCUT2D eigenvalue weighted by atomic mass is 10.2. The largest absolute Gasteiger partial charge is 0.335 e. The minimum atomic E-state index is 0.0640. The zero-order valence-corrected chi connectivity index (χ0v) is 13.3. The van der Waals surface area contributed by atoms with Gasteiger partial charge in [0.05, 0.1) is 0 Å². The Hall–Kier alpha value is -1.75. The molecule has 112 valence electrons. The van der Waals surface area contributed by atoms with E-state index in [1.807, 2.05) is 31.3 Å². The molecule has 0 spiro atoms. The van der Waals surface area contributed by atoms with Gasteiger partial charge in [0.1, 0.15) is 5.82 Å². The maximum absolute atomic E-state index is 12.0. The highest BCUT2D eigenvalue weighted by Crippen LogP contribution is 2.15. The third-order valence-electron chi connectivity index (χ3n) is 3.25.